The monoisotopic (exact) mass is 297 g/mol. The first-order valence-electron chi connectivity index (χ1n) is 5.14. The Bertz CT molecular complexity index is 482. The molecule has 0 aliphatic heterocycles. The molecule has 0 bridgehead atoms. The quantitative estimate of drug-likeness (QED) is 0.779. The molecule has 0 radical (unpaired) electrons. The molecule has 2 rings (SSSR count). The van der Waals surface area contributed by atoms with E-state index >= 15 is 0 Å². The molecule has 1 atom stereocenters. The fourth-order valence-corrected chi connectivity index (χ4v) is 2.24. The molecule has 0 aliphatic rings. The van der Waals surface area contributed by atoms with Crippen molar-refractivity contribution in [3.63, 3.8) is 0 Å². The highest BCUT2D eigenvalue weighted by atomic mass is 79.9. The SMILES string of the molecule is Fc1cc(F)cc(C(Br)Cc2ccncc2)c1. The Balaban J connectivity index is 2.17. The maximum atomic E-state index is 13.1. The molecule has 0 spiro atoms. The summed E-state index contributed by atoms with van der Waals surface area (Å²) >= 11 is 3.44. The first-order valence-corrected chi connectivity index (χ1v) is 6.05. The molecule has 1 heterocycles. The third-order valence-electron chi connectivity index (χ3n) is 2.41. The zero-order valence-corrected chi connectivity index (χ0v) is 10.5. The Morgan fingerprint density at radius 2 is 1.65 bits per heavy atom. The second-order valence-corrected chi connectivity index (χ2v) is 4.84. The van der Waals surface area contributed by atoms with Gasteiger partial charge in [0.1, 0.15) is 11.6 Å². The Morgan fingerprint density at radius 3 is 2.24 bits per heavy atom. The largest absolute Gasteiger partial charge is 0.265 e. The zero-order chi connectivity index (χ0) is 12.3. The standard InChI is InChI=1S/C13H10BrF2N/c14-13(5-9-1-3-17-4-2-9)10-6-11(15)8-12(16)7-10/h1-4,6-8,13H,5H2. The van der Waals surface area contributed by atoms with Crippen molar-refractivity contribution in [2.24, 2.45) is 0 Å². The summed E-state index contributed by atoms with van der Waals surface area (Å²) in [4.78, 5) is 3.80. The number of benzene rings is 1. The predicted octanol–water partition coefficient (Wildman–Crippen LogP) is 4.04. The first kappa shape index (κ1) is 12.2. The van der Waals surface area contributed by atoms with E-state index in [1.807, 2.05) is 12.1 Å². The van der Waals surface area contributed by atoms with Crippen molar-refractivity contribution in [2.75, 3.05) is 0 Å². The number of nitrogens with zero attached hydrogens (tertiary/aromatic N) is 1. The summed E-state index contributed by atoms with van der Waals surface area (Å²) in [5, 5.41) is 0. The molecule has 0 saturated carbocycles. The van der Waals surface area contributed by atoms with Crippen molar-refractivity contribution >= 4 is 15.9 Å². The van der Waals surface area contributed by atoms with Gasteiger partial charge in [0.25, 0.3) is 0 Å². The van der Waals surface area contributed by atoms with Crippen molar-refractivity contribution < 1.29 is 8.78 Å². The summed E-state index contributed by atoms with van der Waals surface area (Å²) in [5.41, 5.74) is 1.66. The average molecular weight is 298 g/mol. The van der Waals surface area contributed by atoms with Crippen molar-refractivity contribution in [1.82, 2.24) is 4.98 Å². The van der Waals surface area contributed by atoms with Gasteiger partial charge in [-0.25, -0.2) is 8.78 Å². The minimum Gasteiger partial charge on any atom is -0.265 e. The van der Waals surface area contributed by atoms with E-state index in [4.69, 9.17) is 0 Å². The summed E-state index contributed by atoms with van der Waals surface area (Å²) < 4.78 is 26.1. The molecule has 1 aromatic carbocycles. The zero-order valence-electron chi connectivity index (χ0n) is 8.91. The normalized spacial score (nSPS) is 12.4. The highest BCUT2D eigenvalue weighted by Gasteiger charge is 2.11. The Kier molecular flexibility index (Phi) is 3.84. The van der Waals surface area contributed by atoms with E-state index in [0.717, 1.165) is 11.6 Å². The molecular formula is C13H10BrF2N. The molecule has 0 fully saturated rings. The van der Waals surface area contributed by atoms with Gasteiger partial charge < -0.3 is 0 Å². The van der Waals surface area contributed by atoms with Crippen LogP contribution in [0.2, 0.25) is 0 Å². The third-order valence-corrected chi connectivity index (χ3v) is 3.26. The second kappa shape index (κ2) is 5.36. The summed E-state index contributed by atoms with van der Waals surface area (Å²) in [7, 11) is 0. The van der Waals surface area contributed by atoms with Gasteiger partial charge in [0.2, 0.25) is 0 Å². The lowest BCUT2D eigenvalue weighted by molar-refractivity contribution is 0.579. The van der Waals surface area contributed by atoms with Crippen molar-refractivity contribution in [3.05, 3.63) is 65.5 Å². The van der Waals surface area contributed by atoms with E-state index in [9.17, 15) is 8.78 Å². The van der Waals surface area contributed by atoms with Crippen molar-refractivity contribution in [1.29, 1.82) is 0 Å². The van der Waals surface area contributed by atoms with Gasteiger partial charge in [0.15, 0.2) is 0 Å². The van der Waals surface area contributed by atoms with Gasteiger partial charge in [-0.2, -0.15) is 0 Å². The number of rotatable bonds is 3. The van der Waals surface area contributed by atoms with Gasteiger partial charge in [-0.3, -0.25) is 4.98 Å². The molecule has 1 aromatic heterocycles. The average Bonchev–Trinajstić information content (AvgIpc) is 2.29. The maximum absolute atomic E-state index is 13.1. The van der Waals surface area contributed by atoms with E-state index in [1.165, 1.54) is 12.1 Å². The topological polar surface area (TPSA) is 12.9 Å². The summed E-state index contributed by atoms with van der Waals surface area (Å²) in [6.45, 7) is 0. The molecule has 1 unspecified atom stereocenters. The van der Waals surface area contributed by atoms with E-state index in [0.29, 0.717) is 12.0 Å². The molecule has 0 aliphatic carbocycles. The van der Waals surface area contributed by atoms with E-state index in [-0.39, 0.29) is 4.83 Å². The fourth-order valence-electron chi connectivity index (χ4n) is 1.60. The van der Waals surface area contributed by atoms with Crippen LogP contribution in [0.25, 0.3) is 0 Å². The molecule has 88 valence electrons. The van der Waals surface area contributed by atoms with Crippen molar-refractivity contribution in [2.45, 2.75) is 11.2 Å². The fraction of sp³-hybridized carbons (Fsp3) is 0.154. The van der Waals surface area contributed by atoms with Crippen LogP contribution in [0.3, 0.4) is 0 Å². The predicted molar refractivity (Wildman–Crippen MR) is 66.0 cm³/mol. The van der Waals surface area contributed by atoms with Crippen LogP contribution in [-0.4, -0.2) is 4.98 Å². The maximum Gasteiger partial charge on any atom is 0.126 e. The highest BCUT2D eigenvalue weighted by molar-refractivity contribution is 9.09. The van der Waals surface area contributed by atoms with Crippen LogP contribution in [-0.2, 0) is 6.42 Å². The van der Waals surface area contributed by atoms with E-state index in [2.05, 4.69) is 20.9 Å². The number of alkyl halides is 1. The third kappa shape index (κ3) is 3.33. The highest BCUT2D eigenvalue weighted by Crippen LogP contribution is 2.27. The van der Waals surface area contributed by atoms with Crippen LogP contribution in [0.4, 0.5) is 8.78 Å². The van der Waals surface area contributed by atoms with Crippen LogP contribution >= 0.6 is 15.9 Å². The first-order chi connectivity index (χ1) is 8.15. The Hall–Kier alpha value is -1.29. The van der Waals surface area contributed by atoms with Crippen LogP contribution in [0, 0.1) is 11.6 Å². The van der Waals surface area contributed by atoms with Crippen molar-refractivity contribution in [3.8, 4) is 0 Å². The smallest absolute Gasteiger partial charge is 0.126 e. The number of hydrogen-bond acceptors (Lipinski definition) is 1. The minimum absolute atomic E-state index is 0.116. The van der Waals surface area contributed by atoms with Gasteiger partial charge in [0, 0.05) is 23.3 Å². The Labute approximate surface area is 107 Å². The molecule has 2 aromatic rings. The Morgan fingerprint density at radius 1 is 1.06 bits per heavy atom. The lowest BCUT2D eigenvalue weighted by atomic mass is 10.1. The van der Waals surface area contributed by atoms with E-state index in [1.54, 1.807) is 12.4 Å². The molecule has 1 nitrogen and oxygen atoms in total. The lowest BCUT2D eigenvalue weighted by Gasteiger charge is -2.10. The van der Waals surface area contributed by atoms with E-state index < -0.39 is 11.6 Å². The molecule has 0 amide bonds. The van der Waals surface area contributed by atoms with Gasteiger partial charge in [0.05, 0.1) is 0 Å². The molecule has 17 heavy (non-hydrogen) atoms. The summed E-state index contributed by atoms with van der Waals surface area (Å²) in [6.07, 6.45) is 4.05. The van der Waals surface area contributed by atoms with Crippen LogP contribution in [0.1, 0.15) is 16.0 Å². The van der Waals surface area contributed by atoms with Gasteiger partial charge in [-0.05, 0) is 41.8 Å². The lowest BCUT2D eigenvalue weighted by Crippen LogP contribution is -1.97. The van der Waals surface area contributed by atoms with Gasteiger partial charge >= 0.3 is 0 Å². The molecular weight excluding hydrogens is 288 g/mol. The number of hydrogen-bond donors (Lipinski definition) is 0. The molecule has 4 heteroatoms. The van der Waals surface area contributed by atoms with Crippen LogP contribution < -0.4 is 0 Å². The van der Waals surface area contributed by atoms with Crippen LogP contribution in [0.5, 0.6) is 0 Å². The summed E-state index contributed by atoms with van der Waals surface area (Å²) in [6, 6.07) is 7.30. The number of halogens is 3. The number of pyridine rings is 1. The minimum atomic E-state index is -0.556. The summed E-state index contributed by atoms with van der Waals surface area (Å²) in [5.74, 6) is -1.11. The molecule has 0 N–H and O–H groups in total. The number of aromatic nitrogens is 1. The van der Waals surface area contributed by atoms with Crippen LogP contribution in [0.15, 0.2) is 42.7 Å². The van der Waals surface area contributed by atoms with Gasteiger partial charge in [-0.1, -0.05) is 15.9 Å². The molecule has 0 saturated heterocycles. The van der Waals surface area contributed by atoms with Gasteiger partial charge in [-0.15, -0.1) is 0 Å². The second-order valence-electron chi connectivity index (χ2n) is 3.73.